The van der Waals surface area contributed by atoms with Crippen LogP contribution in [0.4, 0.5) is 14.5 Å². The van der Waals surface area contributed by atoms with Gasteiger partial charge in [0.15, 0.2) is 0 Å². The van der Waals surface area contributed by atoms with Crippen LogP contribution in [0.3, 0.4) is 0 Å². The predicted octanol–water partition coefficient (Wildman–Crippen LogP) is 4.87. The van der Waals surface area contributed by atoms with Crippen molar-refractivity contribution >= 4 is 21.6 Å². The third kappa shape index (κ3) is 3.55. The molecule has 0 atom stereocenters. The van der Waals surface area contributed by atoms with Crippen LogP contribution in [0.25, 0.3) is 0 Å². The summed E-state index contributed by atoms with van der Waals surface area (Å²) < 4.78 is 25.6. The molecule has 0 radical (unpaired) electrons. The number of alkyl halides is 2. The number of rotatable bonds is 4. The Hall–Kier alpha value is -1.93. The first-order valence-corrected chi connectivity index (χ1v) is 6.70. The fraction of sp³-hybridized carbons (Fsp3) is 0.133. The van der Waals surface area contributed by atoms with Gasteiger partial charge in [-0.3, -0.25) is 0 Å². The highest BCUT2D eigenvalue weighted by Crippen LogP contribution is 2.24. The van der Waals surface area contributed by atoms with Crippen LogP contribution >= 0.6 is 15.9 Å². The summed E-state index contributed by atoms with van der Waals surface area (Å²) in [6, 6.07) is 13.5. The average molecular weight is 337 g/mol. The third-order valence-electron chi connectivity index (χ3n) is 2.81. The number of anilines is 1. The molecule has 2 aromatic carbocycles. The van der Waals surface area contributed by atoms with E-state index in [-0.39, 0.29) is 5.56 Å². The number of nitrogens with one attached hydrogen (secondary N) is 1. The Morgan fingerprint density at radius 3 is 2.40 bits per heavy atom. The SMILES string of the molecule is N#Cc1ccc(NCc2ccc(C(F)F)cc2)c(Br)c1. The lowest BCUT2D eigenvalue weighted by Crippen LogP contribution is -2.00. The highest BCUT2D eigenvalue weighted by Gasteiger charge is 2.06. The third-order valence-corrected chi connectivity index (χ3v) is 3.47. The molecule has 0 saturated heterocycles. The van der Waals surface area contributed by atoms with Crippen molar-refractivity contribution in [2.75, 3.05) is 5.32 Å². The monoisotopic (exact) mass is 336 g/mol. The van der Waals surface area contributed by atoms with Crippen molar-refractivity contribution in [3.05, 3.63) is 63.6 Å². The lowest BCUT2D eigenvalue weighted by atomic mass is 10.1. The maximum atomic E-state index is 12.4. The van der Waals surface area contributed by atoms with E-state index in [1.54, 1.807) is 30.3 Å². The molecule has 20 heavy (non-hydrogen) atoms. The number of benzene rings is 2. The first-order valence-electron chi connectivity index (χ1n) is 5.90. The van der Waals surface area contributed by atoms with E-state index in [1.807, 2.05) is 0 Å². The maximum Gasteiger partial charge on any atom is 0.263 e. The summed E-state index contributed by atoms with van der Waals surface area (Å²) in [6.45, 7) is 0.522. The topological polar surface area (TPSA) is 35.8 Å². The van der Waals surface area contributed by atoms with E-state index in [0.717, 1.165) is 15.7 Å². The smallest absolute Gasteiger partial charge is 0.263 e. The molecule has 5 heteroatoms. The Labute approximate surface area is 124 Å². The summed E-state index contributed by atoms with van der Waals surface area (Å²) in [4.78, 5) is 0. The zero-order valence-corrected chi connectivity index (χ0v) is 12.0. The van der Waals surface area contributed by atoms with Crippen LogP contribution in [-0.2, 0) is 6.54 Å². The van der Waals surface area contributed by atoms with Gasteiger partial charge in [-0.05, 0) is 39.7 Å². The van der Waals surface area contributed by atoms with E-state index in [9.17, 15) is 8.78 Å². The predicted molar refractivity (Wildman–Crippen MR) is 77.6 cm³/mol. The van der Waals surface area contributed by atoms with Crippen molar-refractivity contribution in [3.63, 3.8) is 0 Å². The normalized spacial score (nSPS) is 10.3. The Kier molecular flexibility index (Phi) is 4.70. The standard InChI is InChI=1S/C15H11BrF2N2/c16-13-7-11(8-19)3-6-14(13)20-9-10-1-4-12(5-2-10)15(17)18/h1-7,15,20H,9H2. The van der Waals surface area contributed by atoms with Crippen LogP contribution in [-0.4, -0.2) is 0 Å². The van der Waals surface area contributed by atoms with Crippen LogP contribution in [0.1, 0.15) is 23.1 Å². The number of nitriles is 1. The number of hydrogen-bond acceptors (Lipinski definition) is 2. The van der Waals surface area contributed by atoms with Gasteiger partial charge < -0.3 is 5.32 Å². The number of halogens is 3. The highest BCUT2D eigenvalue weighted by molar-refractivity contribution is 9.10. The van der Waals surface area contributed by atoms with Gasteiger partial charge in [-0.1, -0.05) is 24.3 Å². The molecule has 0 saturated carbocycles. The summed E-state index contributed by atoms with van der Waals surface area (Å²) in [5.74, 6) is 0. The molecule has 1 N–H and O–H groups in total. The van der Waals surface area contributed by atoms with Gasteiger partial charge in [0.05, 0.1) is 11.6 Å². The van der Waals surface area contributed by atoms with Gasteiger partial charge in [-0.2, -0.15) is 5.26 Å². The molecule has 0 aliphatic carbocycles. The Balaban J connectivity index is 2.03. The maximum absolute atomic E-state index is 12.4. The van der Waals surface area contributed by atoms with Crippen LogP contribution in [0, 0.1) is 11.3 Å². The molecule has 2 aromatic rings. The Morgan fingerprint density at radius 2 is 1.85 bits per heavy atom. The highest BCUT2D eigenvalue weighted by atomic mass is 79.9. The molecule has 0 aliphatic heterocycles. The van der Waals surface area contributed by atoms with Crippen LogP contribution < -0.4 is 5.32 Å². The molecule has 0 aliphatic rings. The largest absolute Gasteiger partial charge is 0.380 e. The van der Waals surface area contributed by atoms with E-state index < -0.39 is 6.43 Å². The fourth-order valence-corrected chi connectivity index (χ4v) is 2.23. The molecule has 0 aromatic heterocycles. The van der Waals surface area contributed by atoms with Gasteiger partial charge in [-0.15, -0.1) is 0 Å². The van der Waals surface area contributed by atoms with Crippen molar-refractivity contribution in [2.45, 2.75) is 13.0 Å². The molecular formula is C15H11BrF2N2. The second kappa shape index (κ2) is 6.49. The van der Waals surface area contributed by atoms with Gasteiger partial charge in [0.2, 0.25) is 0 Å². The van der Waals surface area contributed by atoms with Crippen molar-refractivity contribution < 1.29 is 8.78 Å². The second-order valence-corrected chi connectivity index (χ2v) is 5.06. The number of hydrogen-bond donors (Lipinski definition) is 1. The summed E-state index contributed by atoms with van der Waals surface area (Å²) in [7, 11) is 0. The van der Waals surface area contributed by atoms with Gasteiger partial charge in [0.1, 0.15) is 0 Å². The molecule has 2 nitrogen and oxygen atoms in total. The molecule has 0 unspecified atom stereocenters. The van der Waals surface area contributed by atoms with Crippen molar-refractivity contribution in [2.24, 2.45) is 0 Å². The summed E-state index contributed by atoms with van der Waals surface area (Å²) in [5.41, 5.74) is 2.35. The second-order valence-electron chi connectivity index (χ2n) is 4.20. The molecule has 0 spiro atoms. The zero-order valence-electron chi connectivity index (χ0n) is 10.4. The number of nitrogens with zero attached hydrogens (tertiary/aromatic N) is 1. The summed E-state index contributed by atoms with van der Waals surface area (Å²) in [6.07, 6.45) is -2.44. The minimum Gasteiger partial charge on any atom is -0.380 e. The minimum absolute atomic E-state index is 0.0216. The first kappa shape index (κ1) is 14.5. The lowest BCUT2D eigenvalue weighted by molar-refractivity contribution is 0.151. The van der Waals surface area contributed by atoms with Crippen molar-refractivity contribution in [1.82, 2.24) is 0 Å². The molecule has 0 fully saturated rings. The van der Waals surface area contributed by atoms with E-state index in [0.29, 0.717) is 12.1 Å². The molecule has 0 heterocycles. The van der Waals surface area contributed by atoms with E-state index in [4.69, 9.17) is 5.26 Å². The molecule has 2 rings (SSSR count). The van der Waals surface area contributed by atoms with Crippen molar-refractivity contribution in [3.8, 4) is 6.07 Å². The molecular weight excluding hydrogens is 326 g/mol. The quantitative estimate of drug-likeness (QED) is 0.864. The van der Waals surface area contributed by atoms with Crippen molar-refractivity contribution in [1.29, 1.82) is 5.26 Å². The van der Waals surface area contributed by atoms with Gasteiger partial charge in [0, 0.05) is 22.3 Å². The Bertz CT molecular complexity index is 633. The Morgan fingerprint density at radius 1 is 1.15 bits per heavy atom. The lowest BCUT2D eigenvalue weighted by Gasteiger charge is -2.09. The minimum atomic E-state index is -2.44. The summed E-state index contributed by atoms with van der Waals surface area (Å²) >= 11 is 3.38. The molecule has 0 bridgehead atoms. The van der Waals surface area contributed by atoms with Gasteiger partial charge >= 0.3 is 0 Å². The van der Waals surface area contributed by atoms with E-state index in [1.165, 1.54) is 12.1 Å². The average Bonchev–Trinajstić information content (AvgIpc) is 2.46. The van der Waals surface area contributed by atoms with Crippen LogP contribution in [0.2, 0.25) is 0 Å². The van der Waals surface area contributed by atoms with Gasteiger partial charge in [-0.25, -0.2) is 8.78 Å². The van der Waals surface area contributed by atoms with Crippen LogP contribution in [0.15, 0.2) is 46.9 Å². The van der Waals surface area contributed by atoms with E-state index in [2.05, 4.69) is 27.3 Å². The van der Waals surface area contributed by atoms with Crippen LogP contribution in [0.5, 0.6) is 0 Å². The molecule has 102 valence electrons. The van der Waals surface area contributed by atoms with E-state index >= 15 is 0 Å². The molecule has 0 amide bonds. The first-order chi connectivity index (χ1) is 9.60. The summed E-state index contributed by atoms with van der Waals surface area (Å²) in [5, 5.41) is 12.0. The zero-order chi connectivity index (χ0) is 14.5. The van der Waals surface area contributed by atoms with Gasteiger partial charge in [0.25, 0.3) is 6.43 Å². The fourth-order valence-electron chi connectivity index (χ4n) is 1.71.